The van der Waals surface area contributed by atoms with Crippen molar-refractivity contribution in [3.05, 3.63) is 47.0 Å². The van der Waals surface area contributed by atoms with Crippen molar-refractivity contribution in [1.82, 2.24) is 9.55 Å². The van der Waals surface area contributed by atoms with E-state index in [0.29, 0.717) is 35.0 Å². The topological polar surface area (TPSA) is 86.7 Å². The highest BCUT2D eigenvalue weighted by atomic mass is 35.5. The fraction of sp³-hybridized carbons (Fsp3) is 0.263. The second kappa shape index (κ2) is 7.00. The minimum absolute atomic E-state index is 0.296. The van der Waals surface area contributed by atoms with Gasteiger partial charge in [0, 0.05) is 5.56 Å². The number of guanidine groups is 1. The second-order valence-electron chi connectivity index (χ2n) is 6.19. The fourth-order valence-corrected chi connectivity index (χ4v) is 3.45. The van der Waals surface area contributed by atoms with Crippen LogP contribution in [0.25, 0.3) is 11.0 Å². The van der Waals surface area contributed by atoms with Gasteiger partial charge in [0.05, 0.1) is 29.8 Å². The molecule has 0 aliphatic carbocycles. The largest absolute Gasteiger partial charge is 0.493 e. The molecule has 2 heterocycles. The Labute approximate surface area is 161 Å². The Balaban J connectivity index is 1.86. The molecular formula is C19H20ClN5O2. The zero-order chi connectivity index (χ0) is 19.0. The van der Waals surface area contributed by atoms with Crippen LogP contribution in [0.2, 0.25) is 5.02 Å². The number of anilines is 1. The van der Waals surface area contributed by atoms with Crippen molar-refractivity contribution in [2.24, 2.45) is 10.7 Å². The number of rotatable bonds is 5. The van der Waals surface area contributed by atoms with Crippen molar-refractivity contribution < 1.29 is 9.47 Å². The van der Waals surface area contributed by atoms with Gasteiger partial charge in [0.2, 0.25) is 5.95 Å². The van der Waals surface area contributed by atoms with Crippen molar-refractivity contribution in [3.8, 4) is 11.5 Å². The first-order valence-corrected chi connectivity index (χ1v) is 9.07. The van der Waals surface area contributed by atoms with Crippen molar-refractivity contribution in [3.63, 3.8) is 0 Å². The number of nitrogens with zero attached hydrogens (tertiary/aromatic N) is 3. The average Bonchev–Trinajstić information content (AvgIpc) is 3.03. The highest BCUT2D eigenvalue weighted by Gasteiger charge is 2.27. The predicted octanol–water partition coefficient (Wildman–Crippen LogP) is 3.77. The van der Waals surface area contributed by atoms with Crippen LogP contribution in [0, 0.1) is 0 Å². The number of aliphatic imine (C=N–C) groups is 1. The lowest BCUT2D eigenvalue weighted by Crippen LogP contribution is -2.31. The molecule has 1 aromatic heterocycles. The van der Waals surface area contributed by atoms with Crippen molar-refractivity contribution in [1.29, 1.82) is 0 Å². The molecule has 8 heteroatoms. The van der Waals surface area contributed by atoms with Gasteiger partial charge >= 0.3 is 0 Å². The lowest BCUT2D eigenvalue weighted by molar-refractivity contribution is 0.294. The van der Waals surface area contributed by atoms with Crippen LogP contribution in [-0.2, 0) is 0 Å². The highest BCUT2D eigenvalue weighted by Crippen LogP contribution is 2.41. The molecule has 0 bridgehead atoms. The Morgan fingerprint density at radius 3 is 2.89 bits per heavy atom. The molecule has 0 spiro atoms. The molecule has 0 unspecified atom stereocenters. The van der Waals surface area contributed by atoms with Crippen molar-refractivity contribution >= 4 is 34.5 Å². The molecule has 7 nitrogen and oxygen atoms in total. The van der Waals surface area contributed by atoms with E-state index in [1.807, 2.05) is 47.9 Å². The van der Waals surface area contributed by atoms with Gasteiger partial charge in [-0.05, 0) is 30.7 Å². The van der Waals surface area contributed by atoms with Crippen LogP contribution >= 0.6 is 11.6 Å². The zero-order valence-corrected chi connectivity index (χ0v) is 15.8. The summed E-state index contributed by atoms with van der Waals surface area (Å²) in [6.45, 7) is 2.59. The number of ether oxygens (including phenoxy) is 2. The summed E-state index contributed by atoms with van der Waals surface area (Å²) in [5.41, 5.74) is 8.63. The van der Waals surface area contributed by atoms with Gasteiger partial charge in [-0.2, -0.15) is 0 Å². The van der Waals surface area contributed by atoms with Gasteiger partial charge in [-0.3, -0.25) is 9.88 Å². The Morgan fingerprint density at radius 1 is 1.30 bits per heavy atom. The van der Waals surface area contributed by atoms with E-state index in [1.165, 1.54) is 0 Å². The number of benzene rings is 2. The van der Waals surface area contributed by atoms with E-state index in [0.717, 1.165) is 23.0 Å². The number of fused-ring (bicyclic) bond motifs is 3. The molecule has 4 rings (SSSR count). The number of hydrogen-bond donors (Lipinski definition) is 2. The Morgan fingerprint density at radius 2 is 2.11 bits per heavy atom. The summed E-state index contributed by atoms with van der Waals surface area (Å²) in [5.74, 6) is 2.02. The third kappa shape index (κ3) is 3.04. The smallest absolute Gasteiger partial charge is 0.212 e. The van der Waals surface area contributed by atoms with Crippen LogP contribution in [-0.4, -0.2) is 29.2 Å². The van der Waals surface area contributed by atoms with Crippen LogP contribution < -0.4 is 20.5 Å². The summed E-state index contributed by atoms with van der Waals surface area (Å²) < 4.78 is 13.2. The molecule has 27 heavy (non-hydrogen) atoms. The highest BCUT2D eigenvalue weighted by molar-refractivity contribution is 6.32. The van der Waals surface area contributed by atoms with Gasteiger partial charge in [-0.1, -0.05) is 30.7 Å². The van der Waals surface area contributed by atoms with Crippen LogP contribution in [0.1, 0.15) is 25.1 Å². The maximum Gasteiger partial charge on any atom is 0.212 e. The zero-order valence-electron chi connectivity index (χ0n) is 15.1. The monoisotopic (exact) mass is 385 g/mol. The molecule has 1 atom stereocenters. The standard InChI is InChI=1S/C19H20ClN5O2/c1-3-8-27-16-12(20)9-11(10-15(16)26-2)17-23-18(21)24-19-22-13-6-4-5-7-14(13)25(17)19/h4-7,9-10,17H,3,8H2,1-2H3,(H3,21,22,23,24)/t17-/m1/s1. The first kappa shape index (κ1) is 17.5. The minimum Gasteiger partial charge on any atom is -0.493 e. The van der Waals surface area contributed by atoms with Gasteiger partial charge in [-0.25, -0.2) is 9.98 Å². The Kier molecular flexibility index (Phi) is 4.53. The lowest BCUT2D eigenvalue weighted by Gasteiger charge is -2.25. The molecule has 2 aromatic carbocycles. The van der Waals surface area contributed by atoms with Gasteiger partial charge in [0.1, 0.15) is 0 Å². The molecule has 3 aromatic rings. The third-order valence-electron chi connectivity index (χ3n) is 4.34. The number of nitrogens with one attached hydrogen (secondary N) is 1. The van der Waals surface area contributed by atoms with Crippen molar-refractivity contribution in [2.75, 3.05) is 19.0 Å². The summed E-state index contributed by atoms with van der Waals surface area (Å²) >= 11 is 6.50. The van der Waals surface area contributed by atoms with Gasteiger partial charge in [-0.15, -0.1) is 0 Å². The van der Waals surface area contributed by atoms with E-state index < -0.39 is 6.17 Å². The molecule has 0 saturated heterocycles. The maximum absolute atomic E-state index is 6.50. The molecule has 0 fully saturated rings. The van der Waals surface area contributed by atoms with Gasteiger partial charge < -0.3 is 15.2 Å². The summed E-state index contributed by atoms with van der Waals surface area (Å²) in [4.78, 5) is 9.18. The molecule has 0 saturated carbocycles. The van der Waals surface area contributed by atoms with Crippen LogP contribution in [0.5, 0.6) is 11.5 Å². The van der Waals surface area contributed by atoms with E-state index >= 15 is 0 Å². The van der Waals surface area contributed by atoms with E-state index in [-0.39, 0.29) is 0 Å². The summed E-state index contributed by atoms with van der Waals surface area (Å²) in [6.07, 6.45) is 0.459. The first-order chi connectivity index (χ1) is 13.1. The number of para-hydroxylation sites is 2. The average molecular weight is 386 g/mol. The predicted molar refractivity (Wildman–Crippen MR) is 107 cm³/mol. The Bertz CT molecular complexity index is 1030. The van der Waals surface area contributed by atoms with E-state index in [9.17, 15) is 0 Å². The number of hydrogen-bond acceptors (Lipinski definition) is 6. The quantitative estimate of drug-likeness (QED) is 0.698. The van der Waals surface area contributed by atoms with Gasteiger partial charge in [0.15, 0.2) is 23.6 Å². The number of imidazole rings is 1. The van der Waals surface area contributed by atoms with E-state index in [1.54, 1.807) is 7.11 Å². The SMILES string of the molecule is CCCOc1c(Cl)cc([C@@H]2N=C(N)Nc3nc4ccccc4n32)cc1OC. The van der Waals surface area contributed by atoms with Crippen LogP contribution in [0.15, 0.2) is 41.4 Å². The van der Waals surface area contributed by atoms with Crippen LogP contribution in [0.4, 0.5) is 5.95 Å². The molecular weight excluding hydrogens is 366 g/mol. The fourth-order valence-electron chi connectivity index (χ4n) is 3.17. The molecule has 140 valence electrons. The van der Waals surface area contributed by atoms with E-state index in [2.05, 4.69) is 15.3 Å². The summed E-state index contributed by atoms with van der Waals surface area (Å²) in [6, 6.07) is 11.6. The molecule has 3 N–H and O–H groups in total. The lowest BCUT2D eigenvalue weighted by atomic mass is 10.1. The van der Waals surface area contributed by atoms with E-state index in [4.69, 9.17) is 26.8 Å². The Hall–Kier alpha value is -2.93. The number of halogens is 1. The molecule has 0 radical (unpaired) electrons. The number of methoxy groups -OCH3 is 1. The molecule has 1 aliphatic heterocycles. The summed E-state index contributed by atoms with van der Waals surface area (Å²) in [7, 11) is 1.59. The maximum atomic E-state index is 6.50. The first-order valence-electron chi connectivity index (χ1n) is 8.70. The van der Waals surface area contributed by atoms with Crippen LogP contribution in [0.3, 0.4) is 0 Å². The normalized spacial score (nSPS) is 15.8. The number of nitrogens with two attached hydrogens (primary N) is 1. The number of aromatic nitrogens is 2. The third-order valence-corrected chi connectivity index (χ3v) is 4.62. The second-order valence-corrected chi connectivity index (χ2v) is 6.60. The molecule has 1 aliphatic rings. The molecule has 0 amide bonds. The van der Waals surface area contributed by atoms with Gasteiger partial charge in [0.25, 0.3) is 0 Å². The summed E-state index contributed by atoms with van der Waals surface area (Å²) in [5, 5.41) is 3.49. The minimum atomic E-state index is -0.416. The van der Waals surface area contributed by atoms with Crippen molar-refractivity contribution in [2.45, 2.75) is 19.5 Å².